The van der Waals surface area contributed by atoms with Crippen LogP contribution in [0.2, 0.25) is 0 Å². The highest BCUT2D eigenvalue weighted by Gasteiger charge is 2.35. The SMILES string of the molecule is CCCCCCCCCOP(OCCCCCCCCC)Oc1cc(C)c(C(CC(C)c2cc(C(C)(C)C)c(OP(Oc3ccccc3CCCCCCCCC)Oc3ccccc3CCCCCCCCC)cc2C)c2cc(C(C)(C)C)c(OP(OCCCCCCCCC)Oc3ccccc3CCCCCCCCC)cc2C)cc1C(C)(C)C. The molecule has 0 aliphatic carbocycles. The highest BCUT2D eigenvalue weighted by molar-refractivity contribution is 7.43. The maximum absolute atomic E-state index is 7.47. The minimum absolute atomic E-state index is 0.0703. The fourth-order valence-electron chi connectivity index (χ4n) is 16.8. The van der Waals surface area contributed by atoms with Crippen LogP contribution < -0.4 is 27.1 Å². The van der Waals surface area contributed by atoms with Gasteiger partial charge < -0.3 is 36.2 Å². The first-order valence-corrected chi connectivity index (χ1v) is 52.8. The predicted molar refractivity (Wildman–Crippen MR) is 525 cm³/mol. The van der Waals surface area contributed by atoms with Gasteiger partial charge in [-0.25, -0.2) is 0 Å². The van der Waals surface area contributed by atoms with Gasteiger partial charge in [0.2, 0.25) is 0 Å². The molecule has 6 aromatic rings. The Hall–Kier alpha value is -4.71. The third-order valence-corrected chi connectivity index (χ3v) is 27.6. The zero-order valence-electron chi connectivity index (χ0n) is 80.7. The lowest BCUT2D eigenvalue weighted by molar-refractivity contribution is 0.197. The molecule has 680 valence electrons. The molecule has 3 unspecified atom stereocenters. The Labute approximate surface area is 747 Å². The topological polar surface area (TPSA) is 83.1 Å². The molecule has 3 atom stereocenters. The van der Waals surface area contributed by atoms with E-state index >= 15 is 0 Å². The van der Waals surface area contributed by atoms with Crippen LogP contribution in [0.25, 0.3) is 0 Å². The second-order valence-electron chi connectivity index (χ2n) is 38.6. The van der Waals surface area contributed by atoms with E-state index in [0.29, 0.717) is 19.8 Å². The van der Waals surface area contributed by atoms with Crippen molar-refractivity contribution in [3.8, 4) is 34.5 Å². The Balaban J connectivity index is 1.50. The lowest BCUT2D eigenvalue weighted by Crippen LogP contribution is -2.19. The predicted octanol–water partition coefficient (Wildman–Crippen LogP) is 37.1. The first kappa shape index (κ1) is 105. The summed E-state index contributed by atoms with van der Waals surface area (Å²) in [4.78, 5) is 0. The van der Waals surface area contributed by atoms with Gasteiger partial charge in [-0.15, -0.1) is 0 Å². The Bertz CT molecular complexity index is 3630. The van der Waals surface area contributed by atoms with E-state index in [0.717, 1.165) is 140 Å². The van der Waals surface area contributed by atoms with Crippen molar-refractivity contribution in [1.29, 1.82) is 0 Å². The van der Waals surface area contributed by atoms with Crippen molar-refractivity contribution < 1.29 is 40.7 Å². The fraction of sp³-hybridized carbons (Fsp3) is 0.670. The van der Waals surface area contributed by atoms with Crippen molar-refractivity contribution in [3.05, 3.63) is 176 Å². The lowest BCUT2D eigenvalue weighted by atomic mass is 9.74. The van der Waals surface area contributed by atoms with Crippen LogP contribution >= 0.6 is 25.8 Å². The second kappa shape index (κ2) is 60.1. The van der Waals surface area contributed by atoms with Gasteiger partial charge in [0.25, 0.3) is 0 Å². The van der Waals surface area contributed by atoms with Gasteiger partial charge in [0.1, 0.15) is 34.5 Å². The number of benzene rings is 6. The van der Waals surface area contributed by atoms with Gasteiger partial charge in [0.15, 0.2) is 0 Å². The molecule has 0 saturated carbocycles. The number of para-hydroxylation sites is 3. The monoisotopic (exact) mass is 1720 g/mol. The molecule has 0 amide bonds. The van der Waals surface area contributed by atoms with E-state index in [4.69, 9.17) is 40.7 Å². The molecule has 0 spiro atoms. The van der Waals surface area contributed by atoms with Crippen molar-refractivity contribution in [1.82, 2.24) is 0 Å². The average molecular weight is 1720 g/mol. The highest BCUT2D eigenvalue weighted by Crippen LogP contribution is 2.53. The Morgan fingerprint density at radius 2 is 0.488 bits per heavy atom. The van der Waals surface area contributed by atoms with Gasteiger partial charge in [-0.05, 0) is 194 Å². The number of hydrogen-bond donors (Lipinski definition) is 0. The van der Waals surface area contributed by atoms with Gasteiger partial charge in [-0.3, -0.25) is 4.52 Å². The zero-order chi connectivity index (χ0) is 87.5. The summed E-state index contributed by atoms with van der Waals surface area (Å²) in [5.74, 6) is 4.99. The minimum Gasteiger partial charge on any atom is -0.426 e. The van der Waals surface area contributed by atoms with Crippen LogP contribution in [0.15, 0.2) is 109 Å². The summed E-state index contributed by atoms with van der Waals surface area (Å²) in [7, 11) is -5.53. The largest absolute Gasteiger partial charge is 0.530 e. The van der Waals surface area contributed by atoms with Gasteiger partial charge >= 0.3 is 25.8 Å². The molecule has 0 N–H and O–H groups in total. The third kappa shape index (κ3) is 40.4. The van der Waals surface area contributed by atoms with E-state index in [9.17, 15) is 0 Å². The van der Waals surface area contributed by atoms with E-state index in [1.54, 1.807) is 0 Å². The number of aryl methyl sites for hydroxylation is 6. The highest BCUT2D eigenvalue weighted by atomic mass is 31.2. The van der Waals surface area contributed by atoms with Gasteiger partial charge in [-0.1, -0.05) is 415 Å². The van der Waals surface area contributed by atoms with Crippen molar-refractivity contribution >= 4 is 25.8 Å². The summed E-state index contributed by atoms with van der Waals surface area (Å²) in [5, 5.41) is 0. The van der Waals surface area contributed by atoms with Crippen molar-refractivity contribution in [2.45, 2.75) is 455 Å². The summed E-state index contributed by atoms with van der Waals surface area (Å²) in [6, 6.07) is 40.3. The first-order valence-electron chi connectivity index (χ1n) is 49.5. The zero-order valence-corrected chi connectivity index (χ0v) is 83.4. The van der Waals surface area contributed by atoms with Crippen LogP contribution in [0.4, 0.5) is 0 Å². The van der Waals surface area contributed by atoms with Crippen LogP contribution in [0.3, 0.4) is 0 Å². The molecule has 0 radical (unpaired) electrons. The smallest absolute Gasteiger partial charge is 0.426 e. The molecule has 6 aromatic carbocycles. The average Bonchev–Trinajstić information content (AvgIpc) is 0.761. The first-order chi connectivity index (χ1) is 58.4. The number of hydrogen-bond acceptors (Lipinski definition) is 9. The molecule has 9 nitrogen and oxygen atoms in total. The number of unbranched alkanes of at least 4 members (excludes halogenated alkanes) is 36. The van der Waals surface area contributed by atoms with E-state index in [1.165, 1.54) is 256 Å². The van der Waals surface area contributed by atoms with Crippen molar-refractivity contribution in [2.24, 2.45) is 0 Å². The van der Waals surface area contributed by atoms with Gasteiger partial charge in [0, 0.05) is 22.6 Å². The molecule has 0 fully saturated rings. The summed E-state index contributed by atoms with van der Waals surface area (Å²) >= 11 is 0. The maximum atomic E-state index is 7.47. The van der Waals surface area contributed by atoms with Crippen molar-refractivity contribution in [2.75, 3.05) is 19.8 Å². The lowest BCUT2D eigenvalue weighted by Gasteiger charge is -2.33. The molecular formula is C109H175O9P3. The quantitative estimate of drug-likeness (QED) is 0.0274. The summed E-state index contributed by atoms with van der Waals surface area (Å²) in [5.41, 5.74) is 13.4. The third-order valence-electron chi connectivity index (χ3n) is 24.3. The molecule has 0 bridgehead atoms. The fourth-order valence-corrected chi connectivity index (χ4v) is 20.0. The molecular weight excluding hydrogens is 1550 g/mol. The molecule has 0 heterocycles. The van der Waals surface area contributed by atoms with Gasteiger partial charge in [-0.2, -0.15) is 0 Å². The van der Waals surface area contributed by atoms with Crippen LogP contribution in [-0.2, 0) is 49.1 Å². The second-order valence-corrected chi connectivity index (χ2v) is 41.8. The maximum Gasteiger partial charge on any atom is 0.530 e. The van der Waals surface area contributed by atoms with Crippen LogP contribution in [-0.4, -0.2) is 19.8 Å². The van der Waals surface area contributed by atoms with E-state index in [2.05, 4.69) is 241 Å². The Morgan fingerprint density at radius 3 is 0.793 bits per heavy atom. The summed E-state index contributed by atoms with van der Waals surface area (Å²) in [6.45, 7) is 45.9. The Kier molecular flexibility index (Phi) is 52.2. The summed E-state index contributed by atoms with van der Waals surface area (Å²) < 4.78 is 64.2. The normalized spacial score (nSPS) is 12.9. The molecule has 12 heteroatoms. The Morgan fingerprint density at radius 1 is 0.256 bits per heavy atom. The minimum atomic E-state index is -2.00. The van der Waals surface area contributed by atoms with Crippen LogP contribution in [0.5, 0.6) is 34.5 Å². The van der Waals surface area contributed by atoms with E-state index in [1.807, 2.05) is 0 Å². The molecule has 0 aromatic heterocycles. The van der Waals surface area contributed by atoms with E-state index in [-0.39, 0.29) is 28.1 Å². The number of rotatable bonds is 68. The molecule has 0 saturated heterocycles. The standard InChI is InChI=1S/C109H175O9P3/c1-20-26-32-38-44-50-56-68-91-71-59-62-74-101(91)113-120(112-79-67-55-49-43-37-31-25-6)117-105-83-90(10)96(86-100(105)109(17,18)19)97(95-85-99(108(14,15)16)104(82-89(95)9)116-119(110-77-65-53-47-41-35-29-23-4)111-78-66-54-48-42-36-30-24-5)80-87(7)94-84-98(107(11,12)13)106(81-88(94)8)118-121(114-102-75-63-60-72-92(102)69-57-51-45-39-33-27-21-2)115-103-76-64-61-73-93(103)70-58-52-46-40-34-28-22-3/h59-64,71-76,81-87,97H,20-58,65-70,77-80H2,1-19H3. The molecule has 121 heavy (non-hydrogen) atoms. The van der Waals surface area contributed by atoms with Gasteiger partial charge in [0.05, 0.1) is 19.8 Å². The summed E-state index contributed by atoms with van der Waals surface area (Å²) in [6.07, 6.45) is 55.4. The van der Waals surface area contributed by atoms with Crippen LogP contribution in [0.1, 0.15) is 465 Å². The molecule has 0 aliphatic heterocycles. The van der Waals surface area contributed by atoms with Crippen LogP contribution in [0, 0.1) is 20.8 Å². The molecule has 0 aliphatic rings. The van der Waals surface area contributed by atoms with Crippen molar-refractivity contribution in [3.63, 3.8) is 0 Å². The van der Waals surface area contributed by atoms with E-state index < -0.39 is 25.8 Å². The molecule has 6 rings (SSSR count).